The molecule has 0 aliphatic heterocycles. The summed E-state index contributed by atoms with van der Waals surface area (Å²) in [5.41, 5.74) is 1.87. The number of rotatable bonds is 10. The minimum Gasteiger partial charge on any atom is -0.483 e. The molecule has 174 valence electrons. The predicted molar refractivity (Wildman–Crippen MR) is 133 cm³/mol. The molecular formula is C26H35BrN2O3. The third kappa shape index (κ3) is 7.66. The number of halogens is 1. The van der Waals surface area contributed by atoms with Gasteiger partial charge in [-0.2, -0.15) is 0 Å². The zero-order valence-corrected chi connectivity index (χ0v) is 21.4. The van der Waals surface area contributed by atoms with Crippen LogP contribution >= 0.6 is 15.9 Å². The molecule has 0 radical (unpaired) electrons. The van der Waals surface area contributed by atoms with Gasteiger partial charge in [0.1, 0.15) is 11.8 Å². The lowest BCUT2D eigenvalue weighted by molar-refractivity contribution is -0.142. The maximum atomic E-state index is 13.3. The molecular weight excluding hydrogens is 468 g/mol. The highest BCUT2D eigenvalue weighted by Gasteiger charge is 2.27. The van der Waals surface area contributed by atoms with Gasteiger partial charge < -0.3 is 15.0 Å². The lowest BCUT2D eigenvalue weighted by Crippen LogP contribution is -2.49. The van der Waals surface area contributed by atoms with Gasteiger partial charge in [0.15, 0.2) is 6.61 Å². The molecule has 0 spiro atoms. The molecule has 0 saturated carbocycles. The van der Waals surface area contributed by atoms with E-state index < -0.39 is 6.04 Å². The van der Waals surface area contributed by atoms with Crippen molar-refractivity contribution >= 4 is 27.7 Å². The molecule has 2 amide bonds. The van der Waals surface area contributed by atoms with Crippen molar-refractivity contribution in [3.05, 3.63) is 64.1 Å². The molecule has 0 aliphatic rings. The van der Waals surface area contributed by atoms with Crippen LogP contribution in [0.15, 0.2) is 53.0 Å². The zero-order chi connectivity index (χ0) is 23.7. The number of carbonyl (C=O) groups is 2. The fourth-order valence-corrected chi connectivity index (χ4v) is 3.83. The van der Waals surface area contributed by atoms with E-state index in [0.717, 1.165) is 28.4 Å². The van der Waals surface area contributed by atoms with Gasteiger partial charge in [0, 0.05) is 17.6 Å². The second-order valence-electron chi connectivity index (χ2n) is 9.01. The van der Waals surface area contributed by atoms with E-state index in [1.165, 1.54) is 0 Å². The molecule has 0 bridgehead atoms. The molecule has 0 aromatic heterocycles. The fraction of sp³-hybridized carbons (Fsp3) is 0.462. The minimum atomic E-state index is -0.611. The smallest absolute Gasteiger partial charge is 0.261 e. The topological polar surface area (TPSA) is 58.6 Å². The summed E-state index contributed by atoms with van der Waals surface area (Å²) in [5, 5.41) is 2.94. The molecule has 5 nitrogen and oxygen atoms in total. The molecule has 0 fully saturated rings. The van der Waals surface area contributed by atoms with Gasteiger partial charge >= 0.3 is 0 Å². The summed E-state index contributed by atoms with van der Waals surface area (Å²) in [6.45, 7) is 11.0. The van der Waals surface area contributed by atoms with Crippen molar-refractivity contribution < 1.29 is 14.3 Å². The van der Waals surface area contributed by atoms with Gasteiger partial charge in [-0.05, 0) is 48.1 Å². The molecule has 2 aromatic carbocycles. The number of unbranched alkanes of at least 4 members (excludes halogenated alkanes) is 1. The lowest BCUT2D eigenvalue weighted by atomic mass is 9.86. The monoisotopic (exact) mass is 502 g/mol. The van der Waals surface area contributed by atoms with Crippen LogP contribution in [0.1, 0.15) is 58.6 Å². The number of hydrogen-bond acceptors (Lipinski definition) is 3. The highest BCUT2D eigenvalue weighted by molar-refractivity contribution is 9.10. The van der Waals surface area contributed by atoms with E-state index >= 15 is 0 Å². The van der Waals surface area contributed by atoms with Gasteiger partial charge in [0.2, 0.25) is 5.91 Å². The van der Waals surface area contributed by atoms with E-state index in [9.17, 15) is 9.59 Å². The van der Waals surface area contributed by atoms with Crippen molar-refractivity contribution in [1.82, 2.24) is 10.2 Å². The quantitative estimate of drug-likeness (QED) is 0.438. The van der Waals surface area contributed by atoms with E-state index in [-0.39, 0.29) is 23.8 Å². The largest absolute Gasteiger partial charge is 0.483 e. The maximum Gasteiger partial charge on any atom is 0.261 e. The normalized spacial score (nSPS) is 12.2. The van der Waals surface area contributed by atoms with Gasteiger partial charge in [-0.25, -0.2) is 0 Å². The molecule has 1 atom stereocenters. The van der Waals surface area contributed by atoms with Crippen LogP contribution in [-0.4, -0.2) is 35.9 Å². The summed E-state index contributed by atoms with van der Waals surface area (Å²) in [6.07, 6.45) is 1.90. The predicted octanol–water partition coefficient (Wildman–Crippen LogP) is 5.46. The first-order chi connectivity index (χ1) is 15.1. The summed E-state index contributed by atoms with van der Waals surface area (Å²) in [5.74, 6) is 0.305. The molecule has 0 unspecified atom stereocenters. The third-order valence-corrected chi connectivity index (χ3v) is 5.78. The first kappa shape index (κ1) is 25.9. The van der Waals surface area contributed by atoms with Crippen molar-refractivity contribution in [3.63, 3.8) is 0 Å². The summed E-state index contributed by atoms with van der Waals surface area (Å²) in [4.78, 5) is 27.6. The average molecular weight is 503 g/mol. The molecule has 32 heavy (non-hydrogen) atoms. The Bertz CT molecular complexity index is 908. The second kappa shape index (κ2) is 12.0. The van der Waals surface area contributed by atoms with Crippen molar-refractivity contribution in [1.29, 1.82) is 0 Å². The summed E-state index contributed by atoms with van der Waals surface area (Å²) in [7, 11) is 0. The molecule has 0 heterocycles. The number of ether oxygens (including phenoxy) is 1. The summed E-state index contributed by atoms with van der Waals surface area (Å²) >= 11 is 3.48. The number of nitrogens with zero attached hydrogens (tertiary/aromatic N) is 1. The zero-order valence-electron chi connectivity index (χ0n) is 19.8. The first-order valence-electron chi connectivity index (χ1n) is 11.2. The third-order valence-electron chi connectivity index (χ3n) is 5.29. The van der Waals surface area contributed by atoms with Crippen molar-refractivity contribution in [2.75, 3.05) is 13.2 Å². The number of carbonyl (C=O) groups excluding carboxylic acids is 2. The highest BCUT2D eigenvalue weighted by atomic mass is 79.9. The summed E-state index contributed by atoms with van der Waals surface area (Å²) in [6, 6.07) is 14.9. The van der Waals surface area contributed by atoms with Gasteiger partial charge in [-0.1, -0.05) is 80.4 Å². The second-order valence-corrected chi connectivity index (χ2v) is 9.92. The Balaban J connectivity index is 2.19. The highest BCUT2D eigenvalue weighted by Crippen LogP contribution is 2.31. The van der Waals surface area contributed by atoms with Crippen LogP contribution in [-0.2, 0) is 21.5 Å². The Morgan fingerprint density at radius 3 is 2.50 bits per heavy atom. The van der Waals surface area contributed by atoms with Crippen molar-refractivity contribution in [3.8, 4) is 5.75 Å². The summed E-state index contributed by atoms with van der Waals surface area (Å²) < 4.78 is 6.89. The molecule has 2 aromatic rings. The van der Waals surface area contributed by atoms with Crippen molar-refractivity contribution in [2.45, 2.75) is 65.5 Å². The molecule has 6 heteroatoms. The Morgan fingerprint density at radius 2 is 1.84 bits per heavy atom. The minimum absolute atomic E-state index is 0.109. The molecule has 1 N–H and O–H groups in total. The SMILES string of the molecule is CCCCNC(=O)[C@@H](C)N(Cc1cccc(Br)c1)C(=O)COc1ccccc1C(C)(C)C. The number of hydrogen-bond donors (Lipinski definition) is 1. The van der Waals surface area contributed by atoms with Crippen LogP contribution in [0.5, 0.6) is 5.75 Å². The molecule has 0 aliphatic carbocycles. The Kier molecular flexibility index (Phi) is 9.76. The maximum absolute atomic E-state index is 13.3. The number of amides is 2. The van der Waals surface area contributed by atoms with E-state index in [1.54, 1.807) is 11.8 Å². The molecule has 0 saturated heterocycles. The van der Waals surface area contributed by atoms with Gasteiger partial charge in [-0.3, -0.25) is 9.59 Å². The van der Waals surface area contributed by atoms with Crippen LogP contribution in [0.3, 0.4) is 0 Å². The van der Waals surface area contributed by atoms with Gasteiger partial charge in [0.25, 0.3) is 5.91 Å². The average Bonchev–Trinajstić information content (AvgIpc) is 2.75. The standard InChI is InChI=1S/C26H35BrN2O3/c1-6-7-15-28-25(31)19(2)29(17-20-11-10-12-21(27)16-20)24(30)18-32-23-14-9-8-13-22(23)26(3,4)5/h8-14,16,19H,6-7,15,17-18H2,1-5H3,(H,28,31)/t19-/m1/s1. The van der Waals surface area contributed by atoms with Gasteiger partial charge in [-0.15, -0.1) is 0 Å². The van der Waals surface area contributed by atoms with Crippen LogP contribution in [0.4, 0.5) is 0 Å². The van der Waals surface area contributed by atoms with E-state index in [2.05, 4.69) is 48.9 Å². The van der Waals surface area contributed by atoms with Crippen molar-refractivity contribution in [2.24, 2.45) is 0 Å². The fourth-order valence-electron chi connectivity index (χ4n) is 3.39. The Morgan fingerprint density at radius 1 is 1.12 bits per heavy atom. The Labute approximate surface area is 200 Å². The lowest BCUT2D eigenvalue weighted by Gasteiger charge is -2.29. The van der Waals surface area contributed by atoms with Crippen LogP contribution < -0.4 is 10.1 Å². The molecule has 2 rings (SSSR count). The van der Waals surface area contributed by atoms with Gasteiger partial charge in [0.05, 0.1) is 0 Å². The van der Waals surface area contributed by atoms with E-state index in [1.807, 2.05) is 48.5 Å². The number of benzene rings is 2. The number of nitrogens with one attached hydrogen (secondary N) is 1. The van der Waals surface area contributed by atoms with E-state index in [0.29, 0.717) is 18.8 Å². The Hall–Kier alpha value is -2.34. The number of para-hydroxylation sites is 1. The van der Waals surface area contributed by atoms with E-state index in [4.69, 9.17) is 4.74 Å². The van der Waals surface area contributed by atoms with Crippen LogP contribution in [0.25, 0.3) is 0 Å². The first-order valence-corrected chi connectivity index (χ1v) is 12.0. The van der Waals surface area contributed by atoms with Crippen LogP contribution in [0.2, 0.25) is 0 Å². The van der Waals surface area contributed by atoms with Crippen LogP contribution in [0, 0.1) is 0 Å².